The number of carbonyl (C=O) groups excluding carboxylic acids is 4. The molecule has 0 heterocycles. The first-order chi connectivity index (χ1) is 10.2. The molecular formula is C13H20O8S. The largest absolute Gasteiger partial charge is 0.400 e. The third-order valence-corrected chi connectivity index (χ3v) is 3.50. The Morgan fingerprint density at radius 2 is 1.18 bits per heavy atom. The Hall–Kier alpha value is -1.45. The fraction of sp³-hybridized carbons (Fsp3) is 0.692. The molecule has 0 aliphatic heterocycles. The van der Waals surface area contributed by atoms with Gasteiger partial charge in [-0.1, -0.05) is 0 Å². The number of rotatable bonds is 13. The molecule has 0 aromatic heterocycles. The molecule has 0 aliphatic carbocycles. The summed E-state index contributed by atoms with van der Waals surface area (Å²) < 4.78 is 29.8. The van der Waals surface area contributed by atoms with Gasteiger partial charge < -0.3 is 4.79 Å². The maximum atomic E-state index is 11.5. The smallest absolute Gasteiger partial charge is 0.300 e. The van der Waals surface area contributed by atoms with Crippen LogP contribution in [0.4, 0.5) is 0 Å². The van der Waals surface area contributed by atoms with Crippen molar-refractivity contribution < 1.29 is 36.0 Å². The van der Waals surface area contributed by atoms with Crippen LogP contribution in [-0.2, 0) is 37.9 Å². The van der Waals surface area contributed by atoms with Crippen LogP contribution in [0.5, 0.6) is 0 Å². The maximum absolute atomic E-state index is 11.5. The van der Waals surface area contributed by atoms with Crippen molar-refractivity contribution in [3.63, 3.8) is 0 Å². The Balaban J connectivity index is 3.87. The van der Waals surface area contributed by atoms with E-state index in [0.29, 0.717) is 0 Å². The minimum absolute atomic E-state index is 0.00124. The van der Waals surface area contributed by atoms with Crippen LogP contribution in [0.15, 0.2) is 0 Å². The van der Waals surface area contributed by atoms with Crippen LogP contribution in [0, 0.1) is 0 Å². The number of ketones is 4. The highest BCUT2D eigenvalue weighted by molar-refractivity contribution is 7.81. The van der Waals surface area contributed by atoms with E-state index in [1.807, 2.05) is 0 Å². The molecule has 8 nitrogen and oxygen atoms in total. The van der Waals surface area contributed by atoms with Gasteiger partial charge in [0.15, 0.2) is 5.78 Å². The van der Waals surface area contributed by atoms with E-state index in [9.17, 15) is 27.6 Å². The number of carbonyl (C=O) groups is 4. The molecule has 0 aliphatic rings. The topological polar surface area (TPSA) is 121 Å². The number of hydrogen-bond donors (Lipinski definition) is 0. The van der Waals surface area contributed by atoms with Crippen molar-refractivity contribution in [3.8, 4) is 0 Å². The standard InChI is InChI=1S/C13H20O8S/c1-10(14)3-4-11(15)5-6-12(16)7-8-13(17)9-21-22(18,19)20-2/h3-9H2,1-2H3. The van der Waals surface area contributed by atoms with Crippen molar-refractivity contribution in [1.29, 1.82) is 0 Å². The SMILES string of the molecule is COS(=O)(=O)OCC(=O)CCC(=O)CCC(=O)CCC(C)=O. The second-order valence-electron chi connectivity index (χ2n) is 4.66. The predicted molar refractivity (Wildman–Crippen MR) is 75.3 cm³/mol. The van der Waals surface area contributed by atoms with Crippen molar-refractivity contribution in [2.75, 3.05) is 13.7 Å². The minimum Gasteiger partial charge on any atom is -0.300 e. The second kappa shape index (κ2) is 10.3. The first-order valence-corrected chi connectivity index (χ1v) is 7.99. The fourth-order valence-electron chi connectivity index (χ4n) is 1.38. The lowest BCUT2D eigenvalue weighted by atomic mass is 10.0. The summed E-state index contributed by atoms with van der Waals surface area (Å²) in [7, 11) is -3.27. The van der Waals surface area contributed by atoms with E-state index in [0.717, 1.165) is 7.11 Å². The molecule has 0 bridgehead atoms. The first-order valence-electron chi connectivity index (χ1n) is 6.65. The molecule has 0 radical (unpaired) electrons. The van der Waals surface area contributed by atoms with Crippen LogP contribution in [-0.4, -0.2) is 45.3 Å². The van der Waals surface area contributed by atoms with Gasteiger partial charge in [0.2, 0.25) is 0 Å². The summed E-state index contributed by atoms with van der Waals surface area (Å²) in [6, 6.07) is 0. The average Bonchev–Trinajstić information content (AvgIpc) is 2.46. The van der Waals surface area contributed by atoms with Crippen LogP contribution >= 0.6 is 0 Å². The number of hydrogen-bond acceptors (Lipinski definition) is 8. The molecule has 0 atom stereocenters. The molecule has 0 N–H and O–H groups in total. The van der Waals surface area contributed by atoms with E-state index < -0.39 is 22.8 Å². The molecule has 0 fully saturated rings. The third-order valence-electron chi connectivity index (χ3n) is 2.69. The van der Waals surface area contributed by atoms with E-state index in [-0.39, 0.29) is 55.9 Å². The molecule has 0 unspecified atom stereocenters. The lowest BCUT2D eigenvalue weighted by Crippen LogP contribution is -2.16. The van der Waals surface area contributed by atoms with Gasteiger partial charge in [0.1, 0.15) is 24.0 Å². The monoisotopic (exact) mass is 336 g/mol. The molecule has 0 saturated carbocycles. The summed E-state index contributed by atoms with van der Waals surface area (Å²) >= 11 is 0. The van der Waals surface area contributed by atoms with Gasteiger partial charge in [-0.2, -0.15) is 8.42 Å². The Morgan fingerprint density at radius 1 is 0.773 bits per heavy atom. The maximum Gasteiger partial charge on any atom is 0.400 e. The zero-order valence-electron chi connectivity index (χ0n) is 12.6. The van der Waals surface area contributed by atoms with Gasteiger partial charge in [0, 0.05) is 38.5 Å². The van der Waals surface area contributed by atoms with Crippen LogP contribution in [0.1, 0.15) is 45.4 Å². The fourth-order valence-corrected chi connectivity index (χ4v) is 1.75. The lowest BCUT2D eigenvalue weighted by Gasteiger charge is -2.03. The second-order valence-corrected chi connectivity index (χ2v) is 6.04. The minimum atomic E-state index is -4.17. The predicted octanol–water partition coefficient (Wildman–Crippen LogP) is 0.531. The average molecular weight is 336 g/mol. The van der Waals surface area contributed by atoms with Gasteiger partial charge in [-0.15, -0.1) is 0 Å². The van der Waals surface area contributed by atoms with E-state index in [1.165, 1.54) is 6.92 Å². The van der Waals surface area contributed by atoms with Crippen molar-refractivity contribution in [1.82, 2.24) is 0 Å². The zero-order valence-corrected chi connectivity index (χ0v) is 13.4. The normalized spacial score (nSPS) is 11.2. The molecule has 0 amide bonds. The van der Waals surface area contributed by atoms with Crippen molar-refractivity contribution in [3.05, 3.63) is 0 Å². The van der Waals surface area contributed by atoms with Crippen molar-refractivity contribution >= 4 is 33.5 Å². The molecule has 22 heavy (non-hydrogen) atoms. The molecule has 126 valence electrons. The summed E-state index contributed by atoms with van der Waals surface area (Å²) in [6.45, 7) is 0.691. The van der Waals surface area contributed by atoms with E-state index in [4.69, 9.17) is 0 Å². The van der Waals surface area contributed by atoms with Crippen LogP contribution in [0.2, 0.25) is 0 Å². The molecule has 0 spiro atoms. The highest BCUT2D eigenvalue weighted by Crippen LogP contribution is 2.05. The van der Waals surface area contributed by atoms with Crippen LogP contribution in [0.25, 0.3) is 0 Å². The van der Waals surface area contributed by atoms with Crippen LogP contribution < -0.4 is 0 Å². The highest BCUT2D eigenvalue weighted by atomic mass is 32.3. The van der Waals surface area contributed by atoms with Gasteiger partial charge in [-0.05, 0) is 6.92 Å². The Bertz CT molecular complexity index is 520. The van der Waals surface area contributed by atoms with Gasteiger partial charge in [0.05, 0.1) is 7.11 Å². The van der Waals surface area contributed by atoms with Gasteiger partial charge in [-0.25, -0.2) is 4.18 Å². The van der Waals surface area contributed by atoms with Crippen molar-refractivity contribution in [2.45, 2.75) is 45.4 Å². The Morgan fingerprint density at radius 3 is 1.59 bits per heavy atom. The van der Waals surface area contributed by atoms with Crippen molar-refractivity contribution in [2.24, 2.45) is 0 Å². The third kappa shape index (κ3) is 11.2. The summed E-state index contributed by atoms with van der Waals surface area (Å²) in [6.07, 6.45) is 0.0616. The van der Waals surface area contributed by atoms with Crippen LogP contribution in [0.3, 0.4) is 0 Å². The van der Waals surface area contributed by atoms with Gasteiger partial charge in [-0.3, -0.25) is 18.6 Å². The summed E-state index contributed by atoms with van der Waals surface area (Å²) in [5.41, 5.74) is 0. The van der Waals surface area contributed by atoms with E-state index >= 15 is 0 Å². The lowest BCUT2D eigenvalue weighted by molar-refractivity contribution is -0.127. The first kappa shape index (κ1) is 20.6. The molecule has 0 rings (SSSR count). The highest BCUT2D eigenvalue weighted by Gasteiger charge is 2.14. The van der Waals surface area contributed by atoms with Gasteiger partial charge in [0.25, 0.3) is 0 Å². The zero-order chi connectivity index (χ0) is 17.2. The Labute approximate surface area is 129 Å². The van der Waals surface area contributed by atoms with E-state index in [1.54, 1.807) is 0 Å². The molecular weight excluding hydrogens is 316 g/mol. The Kier molecular flexibility index (Phi) is 9.63. The van der Waals surface area contributed by atoms with Gasteiger partial charge >= 0.3 is 10.4 Å². The summed E-state index contributed by atoms with van der Waals surface area (Å²) in [5, 5.41) is 0. The summed E-state index contributed by atoms with van der Waals surface area (Å²) in [5.74, 6) is -1.10. The molecule has 0 aromatic rings. The summed E-state index contributed by atoms with van der Waals surface area (Å²) in [4.78, 5) is 44.9. The van der Waals surface area contributed by atoms with E-state index in [2.05, 4.69) is 8.37 Å². The number of Topliss-reactive ketones (excluding diaryl/α,β-unsaturated/α-hetero) is 4. The quantitative estimate of drug-likeness (QED) is 0.477. The molecule has 0 aromatic carbocycles. The molecule has 0 saturated heterocycles. The molecule has 9 heteroatoms.